The Hall–Kier alpha value is -2.08. The Balaban J connectivity index is 1.56. The molecule has 0 saturated carbocycles. The molecule has 21 heavy (non-hydrogen) atoms. The molecule has 3 fully saturated rings. The quantitative estimate of drug-likeness (QED) is 0.811. The van der Waals surface area contributed by atoms with Crippen molar-refractivity contribution in [2.75, 3.05) is 25.4 Å². The summed E-state index contributed by atoms with van der Waals surface area (Å²) in [5.74, 6) is 0.686. The molecule has 1 amide bonds. The highest BCUT2D eigenvalue weighted by Gasteiger charge is 2.35. The number of aromatic nitrogens is 1. The summed E-state index contributed by atoms with van der Waals surface area (Å²) >= 11 is 0. The summed E-state index contributed by atoms with van der Waals surface area (Å²) in [6.45, 7) is 3.25. The van der Waals surface area contributed by atoms with Crippen molar-refractivity contribution in [3.8, 4) is 0 Å². The molecule has 110 valence electrons. The third-order valence-corrected chi connectivity index (χ3v) is 4.68. The normalized spacial score (nSPS) is 27.9. The molecule has 1 aromatic carbocycles. The molecule has 3 saturated heterocycles. The Bertz CT molecular complexity index is 688. The SMILES string of the molecule is Nc1ccc2c(C(=O)N[C@@H]3CN4CCC3CC4)onc2c1. The molecule has 2 aromatic rings. The Morgan fingerprint density at radius 1 is 1.38 bits per heavy atom. The predicted octanol–water partition coefficient (Wildman–Crippen LogP) is 1.23. The van der Waals surface area contributed by atoms with Crippen molar-refractivity contribution >= 4 is 22.5 Å². The van der Waals surface area contributed by atoms with Crippen LogP contribution >= 0.6 is 0 Å². The number of nitrogens with one attached hydrogen (secondary N) is 1. The molecule has 1 atom stereocenters. The number of benzene rings is 1. The third kappa shape index (κ3) is 2.15. The number of rotatable bonds is 2. The molecular formula is C15H18N4O2. The number of hydrogen-bond acceptors (Lipinski definition) is 5. The summed E-state index contributed by atoms with van der Waals surface area (Å²) in [5, 5.41) is 7.74. The first-order valence-electron chi connectivity index (χ1n) is 7.39. The van der Waals surface area contributed by atoms with Crippen LogP contribution < -0.4 is 11.1 Å². The van der Waals surface area contributed by atoms with Gasteiger partial charge in [-0.15, -0.1) is 0 Å². The van der Waals surface area contributed by atoms with Crippen LogP contribution in [0.5, 0.6) is 0 Å². The van der Waals surface area contributed by atoms with Crippen molar-refractivity contribution in [1.29, 1.82) is 0 Å². The largest absolute Gasteiger partial charge is 0.399 e. The molecule has 0 aliphatic carbocycles. The van der Waals surface area contributed by atoms with Crippen molar-refractivity contribution in [2.24, 2.45) is 5.92 Å². The minimum Gasteiger partial charge on any atom is -0.399 e. The predicted molar refractivity (Wildman–Crippen MR) is 78.8 cm³/mol. The molecule has 3 aliphatic heterocycles. The van der Waals surface area contributed by atoms with E-state index in [9.17, 15) is 4.79 Å². The number of amides is 1. The molecule has 6 heteroatoms. The Morgan fingerprint density at radius 2 is 2.19 bits per heavy atom. The second-order valence-electron chi connectivity index (χ2n) is 6.01. The maximum absolute atomic E-state index is 12.5. The van der Waals surface area contributed by atoms with Gasteiger partial charge in [0.15, 0.2) is 0 Å². The Morgan fingerprint density at radius 3 is 2.90 bits per heavy atom. The van der Waals surface area contributed by atoms with E-state index in [1.807, 2.05) is 0 Å². The first-order chi connectivity index (χ1) is 10.2. The van der Waals surface area contributed by atoms with E-state index in [1.54, 1.807) is 18.2 Å². The van der Waals surface area contributed by atoms with Gasteiger partial charge >= 0.3 is 0 Å². The van der Waals surface area contributed by atoms with Gasteiger partial charge in [0.2, 0.25) is 5.76 Å². The summed E-state index contributed by atoms with van der Waals surface area (Å²) in [6.07, 6.45) is 2.33. The van der Waals surface area contributed by atoms with Crippen molar-refractivity contribution in [3.05, 3.63) is 24.0 Å². The monoisotopic (exact) mass is 286 g/mol. The van der Waals surface area contributed by atoms with Crippen molar-refractivity contribution < 1.29 is 9.32 Å². The fourth-order valence-corrected chi connectivity index (χ4v) is 3.49. The number of anilines is 1. The minimum absolute atomic E-state index is 0.180. The molecule has 4 heterocycles. The van der Waals surface area contributed by atoms with E-state index in [4.69, 9.17) is 10.3 Å². The van der Waals surface area contributed by atoms with Crippen LogP contribution in [0.4, 0.5) is 5.69 Å². The van der Waals surface area contributed by atoms with Crippen LogP contribution in [-0.4, -0.2) is 41.6 Å². The van der Waals surface area contributed by atoms with Crippen molar-refractivity contribution in [2.45, 2.75) is 18.9 Å². The third-order valence-electron chi connectivity index (χ3n) is 4.68. The molecule has 2 bridgehead atoms. The van der Waals surface area contributed by atoms with Crippen LogP contribution in [0.1, 0.15) is 23.4 Å². The topological polar surface area (TPSA) is 84.4 Å². The number of hydrogen-bond donors (Lipinski definition) is 2. The average molecular weight is 286 g/mol. The molecular weight excluding hydrogens is 268 g/mol. The first-order valence-corrected chi connectivity index (χ1v) is 7.39. The second-order valence-corrected chi connectivity index (χ2v) is 6.01. The lowest BCUT2D eigenvalue weighted by Gasteiger charge is -2.44. The number of fused-ring (bicyclic) bond motifs is 4. The fourth-order valence-electron chi connectivity index (χ4n) is 3.49. The van der Waals surface area contributed by atoms with Crippen LogP contribution in [-0.2, 0) is 0 Å². The van der Waals surface area contributed by atoms with E-state index >= 15 is 0 Å². The number of carbonyl (C=O) groups excluding carboxylic acids is 1. The summed E-state index contributed by atoms with van der Waals surface area (Å²) < 4.78 is 5.22. The highest BCUT2D eigenvalue weighted by Crippen LogP contribution is 2.28. The minimum atomic E-state index is -0.180. The summed E-state index contributed by atoms with van der Waals surface area (Å²) in [5.41, 5.74) is 6.94. The van der Waals surface area contributed by atoms with E-state index in [-0.39, 0.29) is 17.7 Å². The first kappa shape index (κ1) is 12.6. The molecule has 1 aromatic heterocycles. The molecule has 3 N–H and O–H groups in total. The van der Waals surface area contributed by atoms with Gasteiger partial charge in [-0.3, -0.25) is 4.79 Å². The van der Waals surface area contributed by atoms with Crippen molar-refractivity contribution in [1.82, 2.24) is 15.4 Å². The molecule has 0 radical (unpaired) electrons. The fraction of sp³-hybridized carbons (Fsp3) is 0.467. The van der Waals surface area contributed by atoms with Gasteiger partial charge in [-0.1, -0.05) is 5.16 Å². The summed E-state index contributed by atoms with van der Waals surface area (Å²) in [7, 11) is 0. The van der Waals surface area contributed by atoms with Crippen LogP contribution in [0.15, 0.2) is 22.7 Å². The smallest absolute Gasteiger partial charge is 0.290 e. The standard InChI is InChI=1S/C15H18N4O2/c16-10-1-2-11-12(7-10)18-21-14(11)15(20)17-13-8-19-5-3-9(13)4-6-19/h1-2,7,9,13H,3-6,8,16H2,(H,17,20)/t13-/m1/s1. The van der Waals surface area contributed by atoms with Gasteiger partial charge in [0.25, 0.3) is 5.91 Å². The van der Waals surface area contributed by atoms with Gasteiger partial charge in [-0.25, -0.2) is 0 Å². The van der Waals surface area contributed by atoms with E-state index in [0.717, 1.165) is 19.6 Å². The van der Waals surface area contributed by atoms with E-state index in [0.29, 0.717) is 22.5 Å². The van der Waals surface area contributed by atoms with Gasteiger partial charge in [0.1, 0.15) is 5.52 Å². The molecule has 5 rings (SSSR count). The van der Waals surface area contributed by atoms with E-state index in [2.05, 4.69) is 15.4 Å². The molecule has 0 unspecified atom stereocenters. The average Bonchev–Trinajstić information content (AvgIpc) is 2.91. The summed E-state index contributed by atoms with van der Waals surface area (Å²) in [4.78, 5) is 14.9. The lowest BCUT2D eigenvalue weighted by molar-refractivity contribution is 0.0602. The van der Waals surface area contributed by atoms with Crippen LogP contribution in [0.2, 0.25) is 0 Å². The lowest BCUT2D eigenvalue weighted by atomic mass is 9.84. The summed E-state index contributed by atoms with van der Waals surface area (Å²) in [6, 6.07) is 5.47. The van der Waals surface area contributed by atoms with Gasteiger partial charge in [-0.2, -0.15) is 0 Å². The number of carbonyl (C=O) groups is 1. The van der Waals surface area contributed by atoms with Crippen molar-refractivity contribution in [3.63, 3.8) is 0 Å². The second kappa shape index (κ2) is 4.73. The highest BCUT2D eigenvalue weighted by atomic mass is 16.5. The zero-order valence-electron chi connectivity index (χ0n) is 11.7. The zero-order chi connectivity index (χ0) is 14.4. The van der Waals surface area contributed by atoms with Crippen LogP contribution in [0.3, 0.4) is 0 Å². The van der Waals surface area contributed by atoms with Crippen LogP contribution in [0.25, 0.3) is 10.9 Å². The number of nitrogens with zero attached hydrogens (tertiary/aromatic N) is 2. The number of nitrogen functional groups attached to an aromatic ring is 1. The maximum atomic E-state index is 12.5. The lowest BCUT2D eigenvalue weighted by Crippen LogP contribution is -2.57. The molecule has 3 aliphatic rings. The van der Waals surface area contributed by atoms with E-state index in [1.165, 1.54) is 12.8 Å². The Labute approximate surface area is 122 Å². The highest BCUT2D eigenvalue weighted by molar-refractivity contribution is 6.04. The molecule has 6 nitrogen and oxygen atoms in total. The van der Waals surface area contributed by atoms with Gasteiger partial charge in [-0.05, 0) is 50.0 Å². The van der Waals surface area contributed by atoms with Crippen LogP contribution in [0, 0.1) is 5.92 Å². The number of piperidine rings is 3. The molecule has 0 spiro atoms. The number of nitrogens with two attached hydrogens (primary N) is 1. The maximum Gasteiger partial charge on any atom is 0.290 e. The van der Waals surface area contributed by atoms with E-state index < -0.39 is 0 Å². The van der Waals surface area contributed by atoms with Gasteiger partial charge < -0.3 is 20.5 Å². The Kier molecular flexibility index (Phi) is 2.85. The van der Waals surface area contributed by atoms with Gasteiger partial charge in [0, 0.05) is 18.3 Å². The van der Waals surface area contributed by atoms with Gasteiger partial charge in [0.05, 0.1) is 5.39 Å². The zero-order valence-corrected chi connectivity index (χ0v) is 11.7.